The summed E-state index contributed by atoms with van der Waals surface area (Å²) in [4.78, 5) is 1.56. The summed E-state index contributed by atoms with van der Waals surface area (Å²) in [6.45, 7) is 0. The molecule has 0 amide bonds. The molecule has 0 aromatic heterocycles. The SMILES string of the molecule is [N]=NNS(=O)(=O)c1ccc(N)cc1. The molecular formula is C6H7N4O2S. The number of hydrogen-bond donors (Lipinski definition) is 2. The van der Waals surface area contributed by atoms with Crippen molar-refractivity contribution in [2.75, 3.05) is 5.73 Å². The quantitative estimate of drug-likeness (QED) is 0.397. The number of anilines is 1. The highest BCUT2D eigenvalue weighted by Gasteiger charge is 2.11. The Kier molecular flexibility index (Phi) is 2.47. The van der Waals surface area contributed by atoms with Gasteiger partial charge in [0.25, 0.3) is 10.0 Å². The average molecular weight is 199 g/mol. The molecule has 0 aliphatic heterocycles. The summed E-state index contributed by atoms with van der Waals surface area (Å²) in [5.41, 5.74) is 13.8. The summed E-state index contributed by atoms with van der Waals surface area (Å²) in [6, 6.07) is 5.49. The molecule has 1 aromatic rings. The first kappa shape index (κ1) is 9.46. The minimum atomic E-state index is -3.75. The van der Waals surface area contributed by atoms with Gasteiger partial charge in [-0.15, -0.1) is 0 Å². The van der Waals surface area contributed by atoms with Gasteiger partial charge in [-0.2, -0.15) is 13.2 Å². The summed E-state index contributed by atoms with van der Waals surface area (Å²) in [6.07, 6.45) is 0. The number of sulfonamides is 1. The maximum absolute atomic E-state index is 11.1. The smallest absolute Gasteiger partial charge is 0.277 e. The minimum absolute atomic E-state index is 0.0144. The molecule has 6 nitrogen and oxygen atoms in total. The van der Waals surface area contributed by atoms with Crippen molar-refractivity contribution < 1.29 is 8.42 Å². The predicted octanol–water partition coefficient (Wildman–Crippen LogP) is -0.286. The Morgan fingerprint density at radius 2 is 1.85 bits per heavy atom. The Bertz CT molecular complexity index is 397. The third-order valence-corrected chi connectivity index (χ3v) is 2.57. The van der Waals surface area contributed by atoms with Crippen LogP contribution in [0.1, 0.15) is 0 Å². The Balaban J connectivity index is 3.08. The van der Waals surface area contributed by atoms with E-state index in [2.05, 4.69) is 5.22 Å². The van der Waals surface area contributed by atoms with Gasteiger partial charge >= 0.3 is 0 Å². The van der Waals surface area contributed by atoms with Crippen LogP contribution in [0.15, 0.2) is 34.4 Å². The zero-order chi connectivity index (χ0) is 9.90. The fraction of sp³-hybridized carbons (Fsp3) is 0. The molecule has 0 saturated carbocycles. The van der Waals surface area contributed by atoms with Crippen molar-refractivity contribution in [2.45, 2.75) is 4.90 Å². The van der Waals surface area contributed by atoms with Crippen LogP contribution in [0.25, 0.3) is 0 Å². The normalized spacial score (nSPS) is 10.8. The van der Waals surface area contributed by atoms with Gasteiger partial charge in [0.15, 0.2) is 0 Å². The topological polar surface area (TPSA) is 107 Å². The Morgan fingerprint density at radius 1 is 1.31 bits per heavy atom. The summed E-state index contributed by atoms with van der Waals surface area (Å²) in [5, 5.41) is 2.34. The van der Waals surface area contributed by atoms with Crippen LogP contribution in [0.2, 0.25) is 0 Å². The molecule has 0 aliphatic carbocycles. The second-order valence-electron chi connectivity index (χ2n) is 2.26. The van der Waals surface area contributed by atoms with E-state index in [0.717, 1.165) is 0 Å². The molecule has 69 valence electrons. The van der Waals surface area contributed by atoms with Crippen molar-refractivity contribution in [3.05, 3.63) is 24.3 Å². The molecule has 0 atom stereocenters. The monoisotopic (exact) mass is 199 g/mol. The lowest BCUT2D eigenvalue weighted by Gasteiger charge is -2.00. The fourth-order valence-electron chi connectivity index (χ4n) is 0.753. The number of nitrogens with zero attached hydrogens (tertiary/aromatic N) is 2. The Hall–Kier alpha value is -1.63. The Morgan fingerprint density at radius 3 is 2.31 bits per heavy atom. The number of benzene rings is 1. The van der Waals surface area contributed by atoms with Gasteiger partial charge in [0, 0.05) is 5.69 Å². The van der Waals surface area contributed by atoms with E-state index in [4.69, 9.17) is 11.3 Å². The predicted molar refractivity (Wildman–Crippen MR) is 45.7 cm³/mol. The van der Waals surface area contributed by atoms with Crippen molar-refractivity contribution in [3.63, 3.8) is 0 Å². The molecule has 0 bridgehead atoms. The number of hydrogen-bond acceptors (Lipinski definition) is 4. The van der Waals surface area contributed by atoms with Crippen LogP contribution in [0.4, 0.5) is 5.69 Å². The van der Waals surface area contributed by atoms with Crippen molar-refractivity contribution in [1.82, 2.24) is 10.4 Å². The zero-order valence-corrected chi connectivity index (χ0v) is 7.32. The van der Waals surface area contributed by atoms with E-state index < -0.39 is 10.0 Å². The van der Waals surface area contributed by atoms with Crippen LogP contribution >= 0.6 is 0 Å². The first-order valence-corrected chi connectivity index (χ1v) is 4.76. The highest BCUT2D eigenvalue weighted by atomic mass is 32.2. The lowest BCUT2D eigenvalue weighted by atomic mass is 10.3. The molecule has 0 aliphatic rings. The fourth-order valence-corrected chi connectivity index (χ4v) is 1.46. The van der Waals surface area contributed by atoms with Gasteiger partial charge < -0.3 is 5.73 Å². The molecule has 0 spiro atoms. The highest BCUT2D eigenvalue weighted by molar-refractivity contribution is 7.89. The maximum atomic E-state index is 11.1. The molecular weight excluding hydrogens is 192 g/mol. The molecule has 1 radical (unpaired) electrons. The molecule has 1 aromatic carbocycles. The average Bonchev–Trinajstić information content (AvgIpc) is 2.05. The third-order valence-electron chi connectivity index (χ3n) is 1.35. The van der Waals surface area contributed by atoms with Crippen LogP contribution in [-0.2, 0) is 10.0 Å². The van der Waals surface area contributed by atoms with Crippen LogP contribution in [0.5, 0.6) is 0 Å². The van der Waals surface area contributed by atoms with E-state index in [-0.39, 0.29) is 4.90 Å². The molecule has 1 rings (SSSR count). The van der Waals surface area contributed by atoms with E-state index in [1.807, 2.05) is 0 Å². The van der Waals surface area contributed by atoms with Gasteiger partial charge in [-0.25, -0.2) is 0 Å². The lowest BCUT2D eigenvalue weighted by Crippen LogP contribution is -2.17. The first-order chi connectivity index (χ1) is 6.06. The summed E-state index contributed by atoms with van der Waals surface area (Å²) < 4.78 is 22.3. The van der Waals surface area contributed by atoms with E-state index in [1.165, 1.54) is 24.3 Å². The van der Waals surface area contributed by atoms with Crippen LogP contribution < -0.4 is 16.1 Å². The van der Waals surface area contributed by atoms with Crippen LogP contribution in [0.3, 0.4) is 0 Å². The summed E-state index contributed by atoms with van der Waals surface area (Å²) in [7, 11) is -3.75. The van der Waals surface area contributed by atoms with E-state index in [9.17, 15) is 8.42 Å². The van der Waals surface area contributed by atoms with Gasteiger partial charge in [0.2, 0.25) is 0 Å². The van der Waals surface area contributed by atoms with Crippen molar-refractivity contribution in [3.8, 4) is 0 Å². The third kappa shape index (κ3) is 2.15. The van der Waals surface area contributed by atoms with Crippen LogP contribution in [0, 0.1) is 0 Å². The lowest BCUT2D eigenvalue weighted by molar-refractivity contribution is 0.582. The molecule has 0 saturated heterocycles. The van der Waals surface area contributed by atoms with Crippen LogP contribution in [-0.4, -0.2) is 8.42 Å². The first-order valence-electron chi connectivity index (χ1n) is 3.28. The van der Waals surface area contributed by atoms with E-state index in [1.54, 1.807) is 4.83 Å². The largest absolute Gasteiger partial charge is 0.399 e. The number of nitrogen functional groups attached to an aromatic ring is 1. The van der Waals surface area contributed by atoms with E-state index in [0.29, 0.717) is 5.69 Å². The molecule has 7 heteroatoms. The number of nitrogens with two attached hydrogens (primary N) is 1. The standard InChI is InChI=1S/C6H7N4O2S/c7-5-1-3-6(4-2-5)13(11,12)10-9-8/h1-4,10H,7H2. The molecule has 0 unspecified atom stereocenters. The molecule has 13 heavy (non-hydrogen) atoms. The van der Waals surface area contributed by atoms with Gasteiger partial charge in [-0.05, 0) is 35.0 Å². The zero-order valence-electron chi connectivity index (χ0n) is 6.51. The molecule has 0 fully saturated rings. The van der Waals surface area contributed by atoms with Gasteiger partial charge in [-0.1, -0.05) is 0 Å². The van der Waals surface area contributed by atoms with Gasteiger partial charge in [-0.3, -0.25) is 0 Å². The summed E-state index contributed by atoms with van der Waals surface area (Å²) >= 11 is 0. The van der Waals surface area contributed by atoms with Gasteiger partial charge in [0.05, 0.1) is 4.90 Å². The highest BCUT2D eigenvalue weighted by Crippen LogP contribution is 2.10. The number of nitrogens with one attached hydrogen (secondary N) is 1. The van der Waals surface area contributed by atoms with Crippen molar-refractivity contribution in [1.29, 1.82) is 0 Å². The molecule has 3 N–H and O–H groups in total. The maximum Gasteiger partial charge on any atom is 0.277 e. The minimum Gasteiger partial charge on any atom is -0.399 e. The summed E-state index contributed by atoms with van der Waals surface area (Å²) in [5.74, 6) is 0. The van der Waals surface area contributed by atoms with Crippen molar-refractivity contribution in [2.24, 2.45) is 5.22 Å². The second-order valence-corrected chi connectivity index (χ2v) is 3.92. The van der Waals surface area contributed by atoms with Crippen molar-refractivity contribution >= 4 is 15.7 Å². The Labute approximate surface area is 75.3 Å². The van der Waals surface area contributed by atoms with Gasteiger partial charge in [0.1, 0.15) is 0 Å². The second kappa shape index (κ2) is 3.40. The van der Waals surface area contributed by atoms with E-state index >= 15 is 0 Å². The molecule has 0 heterocycles. The number of rotatable bonds is 3.